The van der Waals surface area contributed by atoms with E-state index in [9.17, 15) is 15.2 Å². The SMILES string of the molecule is CCCc1c(Cc2ccc(-c3ccccc3C#N)cc2)c(=O)n(C2CCC(C)(OCCO)CC2)c2nc(C)nn12. The van der Waals surface area contributed by atoms with Crippen LogP contribution in [-0.4, -0.2) is 43.1 Å². The molecule has 0 saturated heterocycles. The molecule has 1 aliphatic carbocycles. The molecule has 208 valence electrons. The number of nitriles is 1. The molecule has 1 N–H and O–H groups in total. The molecule has 4 aromatic rings. The van der Waals surface area contributed by atoms with Gasteiger partial charge in [-0.05, 0) is 68.7 Å². The van der Waals surface area contributed by atoms with E-state index < -0.39 is 0 Å². The molecule has 5 rings (SSSR count). The molecule has 8 heteroatoms. The molecule has 2 aromatic carbocycles. The van der Waals surface area contributed by atoms with Crippen molar-refractivity contribution in [1.29, 1.82) is 5.26 Å². The molecule has 0 spiro atoms. The smallest absolute Gasteiger partial charge is 0.259 e. The number of nitrogens with zero attached hydrogens (tertiary/aromatic N) is 5. The van der Waals surface area contributed by atoms with Gasteiger partial charge in [0.2, 0.25) is 5.78 Å². The number of benzene rings is 2. The zero-order chi connectivity index (χ0) is 28.3. The largest absolute Gasteiger partial charge is 0.394 e. The lowest BCUT2D eigenvalue weighted by atomic mass is 9.83. The van der Waals surface area contributed by atoms with Crippen molar-refractivity contribution in [3.05, 3.63) is 87.1 Å². The summed E-state index contributed by atoms with van der Waals surface area (Å²) in [6.07, 6.45) is 5.32. The molecule has 8 nitrogen and oxygen atoms in total. The Kier molecular flexibility index (Phi) is 8.15. The molecule has 2 aromatic heterocycles. The predicted octanol–water partition coefficient (Wildman–Crippen LogP) is 5.16. The van der Waals surface area contributed by atoms with Crippen LogP contribution >= 0.6 is 0 Å². The quantitative estimate of drug-likeness (QED) is 0.315. The highest BCUT2D eigenvalue weighted by Gasteiger charge is 2.34. The van der Waals surface area contributed by atoms with Gasteiger partial charge >= 0.3 is 0 Å². The summed E-state index contributed by atoms with van der Waals surface area (Å²) < 4.78 is 9.71. The van der Waals surface area contributed by atoms with Crippen molar-refractivity contribution >= 4 is 5.78 Å². The molecule has 1 fully saturated rings. The number of fused-ring (bicyclic) bond motifs is 1. The number of hydrogen-bond donors (Lipinski definition) is 1. The Morgan fingerprint density at radius 2 is 1.88 bits per heavy atom. The molecule has 1 saturated carbocycles. The normalized spacial score (nSPS) is 19.1. The van der Waals surface area contributed by atoms with Gasteiger partial charge in [-0.1, -0.05) is 55.8 Å². The van der Waals surface area contributed by atoms with E-state index in [0.717, 1.165) is 66.5 Å². The van der Waals surface area contributed by atoms with Gasteiger partial charge in [0.25, 0.3) is 5.56 Å². The van der Waals surface area contributed by atoms with Crippen LogP contribution in [-0.2, 0) is 17.6 Å². The molecule has 40 heavy (non-hydrogen) atoms. The third-order valence-electron chi connectivity index (χ3n) is 8.09. The van der Waals surface area contributed by atoms with E-state index in [1.807, 2.05) is 64.5 Å². The van der Waals surface area contributed by atoms with Gasteiger partial charge in [-0.3, -0.25) is 9.36 Å². The van der Waals surface area contributed by atoms with Gasteiger partial charge in [-0.25, -0.2) is 4.52 Å². The second kappa shape index (κ2) is 11.7. The summed E-state index contributed by atoms with van der Waals surface area (Å²) in [5.41, 5.74) is 4.94. The van der Waals surface area contributed by atoms with Gasteiger partial charge in [0, 0.05) is 18.0 Å². The molecular weight excluding hydrogens is 502 g/mol. The van der Waals surface area contributed by atoms with Crippen LogP contribution < -0.4 is 5.56 Å². The van der Waals surface area contributed by atoms with Gasteiger partial charge in [0.15, 0.2) is 0 Å². The van der Waals surface area contributed by atoms with Gasteiger partial charge in [-0.2, -0.15) is 15.3 Å². The number of aliphatic hydroxyl groups is 1. The lowest BCUT2D eigenvalue weighted by molar-refractivity contribution is -0.0736. The van der Waals surface area contributed by atoms with Crippen molar-refractivity contribution < 1.29 is 9.84 Å². The Labute approximate surface area is 234 Å². The molecular formula is C32H37N5O3. The third kappa shape index (κ3) is 5.45. The number of aromatic nitrogens is 4. The van der Waals surface area contributed by atoms with E-state index in [4.69, 9.17) is 14.8 Å². The maximum atomic E-state index is 14.3. The number of ether oxygens (including phenoxy) is 1. The lowest BCUT2D eigenvalue weighted by Gasteiger charge is -2.38. The van der Waals surface area contributed by atoms with Crippen molar-refractivity contribution in [2.45, 2.75) is 77.4 Å². The average molecular weight is 540 g/mol. The molecule has 0 unspecified atom stereocenters. The monoisotopic (exact) mass is 539 g/mol. The van der Waals surface area contributed by atoms with Crippen LogP contribution in [0.1, 0.15) is 80.2 Å². The first-order valence-corrected chi connectivity index (χ1v) is 14.2. The van der Waals surface area contributed by atoms with Crippen LogP contribution in [0.15, 0.2) is 53.3 Å². The minimum absolute atomic E-state index is 0.00341. The van der Waals surface area contributed by atoms with E-state index in [1.54, 1.807) is 0 Å². The molecule has 0 bridgehead atoms. The van der Waals surface area contributed by atoms with Gasteiger partial charge in [0.05, 0.1) is 36.1 Å². The maximum absolute atomic E-state index is 14.3. The summed E-state index contributed by atoms with van der Waals surface area (Å²) in [5, 5.41) is 23.5. The highest BCUT2D eigenvalue weighted by molar-refractivity contribution is 5.70. The summed E-state index contributed by atoms with van der Waals surface area (Å²) in [6, 6.07) is 18.0. The standard InChI is InChI=1S/C32H37N5O3/c1-4-7-29-28(20-23-10-12-24(13-11-23)27-9-6-5-8-25(27)21-33)30(39)36(31-34-22(2)35-37(29)31)26-14-16-32(3,17-15-26)40-19-18-38/h5-6,8-13,26,38H,4,7,14-20H2,1-3H3. The van der Waals surface area contributed by atoms with Crippen LogP contribution in [0, 0.1) is 18.3 Å². The van der Waals surface area contributed by atoms with Crippen LogP contribution in [0.5, 0.6) is 0 Å². The number of rotatable bonds is 9. The van der Waals surface area contributed by atoms with Crippen molar-refractivity contribution in [2.75, 3.05) is 13.2 Å². The summed E-state index contributed by atoms with van der Waals surface area (Å²) in [7, 11) is 0. The van der Waals surface area contributed by atoms with Gasteiger partial charge in [0.1, 0.15) is 5.82 Å². The van der Waals surface area contributed by atoms with Crippen LogP contribution in [0.2, 0.25) is 0 Å². The second-order valence-electron chi connectivity index (χ2n) is 11.0. The fraction of sp³-hybridized carbons (Fsp3) is 0.438. The molecule has 0 aliphatic heterocycles. The zero-order valence-electron chi connectivity index (χ0n) is 23.6. The fourth-order valence-corrected chi connectivity index (χ4v) is 5.98. The maximum Gasteiger partial charge on any atom is 0.259 e. The Bertz CT molecular complexity index is 1590. The molecule has 2 heterocycles. The zero-order valence-corrected chi connectivity index (χ0v) is 23.6. The number of hydrogen-bond acceptors (Lipinski definition) is 6. The van der Waals surface area contributed by atoms with Gasteiger partial charge in [-0.15, -0.1) is 0 Å². The van der Waals surface area contributed by atoms with E-state index in [2.05, 4.69) is 19.9 Å². The Hall–Kier alpha value is -3.80. The topological polar surface area (TPSA) is 105 Å². The van der Waals surface area contributed by atoms with E-state index in [0.29, 0.717) is 30.2 Å². The minimum Gasteiger partial charge on any atom is -0.394 e. The summed E-state index contributed by atoms with van der Waals surface area (Å²) in [5.74, 6) is 1.26. The predicted molar refractivity (Wildman–Crippen MR) is 154 cm³/mol. The Balaban J connectivity index is 1.53. The van der Waals surface area contributed by atoms with Crippen LogP contribution in [0.3, 0.4) is 0 Å². The van der Waals surface area contributed by atoms with Crippen LogP contribution in [0.25, 0.3) is 16.9 Å². The molecule has 0 atom stereocenters. The summed E-state index contributed by atoms with van der Waals surface area (Å²) in [4.78, 5) is 19.0. The third-order valence-corrected chi connectivity index (χ3v) is 8.09. The molecule has 0 amide bonds. The van der Waals surface area contributed by atoms with E-state index in [-0.39, 0.29) is 23.8 Å². The first-order chi connectivity index (χ1) is 19.4. The second-order valence-corrected chi connectivity index (χ2v) is 11.0. The van der Waals surface area contributed by atoms with Crippen molar-refractivity contribution in [3.63, 3.8) is 0 Å². The van der Waals surface area contributed by atoms with Crippen LogP contribution in [0.4, 0.5) is 0 Å². The lowest BCUT2D eigenvalue weighted by Crippen LogP contribution is -2.39. The van der Waals surface area contributed by atoms with Crippen molar-refractivity contribution in [1.82, 2.24) is 19.2 Å². The van der Waals surface area contributed by atoms with Crippen molar-refractivity contribution in [2.24, 2.45) is 0 Å². The van der Waals surface area contributed by atoms with Gasteiger partial charge < -0.3 is 9.84 Å². The fourth-order valence-electron chi connectivity index (χ4n) is 5.98. The number of aryl methyl sites for hydroxylation is 2. The first-order valence-electron chi connectivity index (χ1n) is 14.2. The highest BCUT2D eigenvalue weighted by Crippen LogP contribution is 2.37. The molecule has 0 radical (unpaired) electrons. The number of aliphatic hydroxyl groups excluding tert-OH is 1. The Morgan fingerprint density at radius 3 is 2.55 bits per heavy atom. The highest BCUT2D eigenvalue weighted by atomic mass is 16.5. The molecule has 1 aliphatic rings. The van der Waals surface area contributed by atoms with E-state index >= 15 is 0 Å². The minimum atomic E-state index is -0.292. The average Bonchev–Trinajstić information content (AvgIpc) is 3.36. The van der Waals surface area contributed by atoms with E-state index in [1.165, 1.54) is 0 Å². The Morgan fingerprint density at radius 1 is 1.15 bits per heavy atom. The van der Waals surface area contributed by atoms with Crippen molar-refractivity contribution in [3.8, 4) is 17.2 Å². The summed E-state index contributed by atoms with van der Waals surface area (Å²) in [6.45, 7) is 6.40. The summed E-state index contributed by atoms with van der Waals surface area (Å²) >= 11 is 0. The first kappa shape index (κ1) is 27.8.